The van der Waals surface area contributed by atoms with Gasteiger partial charge in [0.25, 0.3) is 0 Å². The van der Waals surface area contributed by atoms with Crippen LogP contribution < -0.4 is 14.8 Å². The number of ether oxygens (including phenoxy) is 3. The van der Waals surface area contributed by atoms with Gasteiger partial charge in [-0.05, 0) is 37.6 Å². The van der Waals surface area contributed by atoms with Gasteiger partial charge in [0.15, 0.2) is 11.5 Å². The van der Waals surface area contributed by atoms with Crippen molar-refractivity contribution in [2.45, 2.75) is 18.9 Å². The van der Waals surface area contributed by atoms with Gasteiger partial charge in [-0.3, -0.25) is 0 Å². The first-order valence-electron chi connectivity index (χ1n) is 6.25. The molecule has 0 heterocycles. The third-order valence-corrected chi connectivity index (χ3v) is 3.33. The van der Waals surface area contributed by atoms with Gasteiger partial charge < -0.3 is 19.5 Å². The molecule has 0 saturated heterocycles. The molecule has 0 radical (unpaired) electrons. The highest BCUT2D eigenvalue weighted by Gasteiger charge is 2.16. The van der Waals surface area contributed by atoms with Gasteiger partial charge in [0, 0.05) is 19.8 Å². The molecule has 1 rings (SSSR count). The Morgan fingerprint density at radius 3 is 2.47 bits per heavy atom. The maximum atomic E-state index is 6.22. The van der Waals surface area contributed by atoms with Crippen LogP contribution in [0.4, 0.5) is 0 Å². The minimum Gasteiger partial charge on any atom is -0.493 e. The molecule has 0 bridgehead atoms. The van der Waals surface area contributed by atoms with Crippen LogP contribution in [0.3, 0.4) is 0 Å². The molecular weight excluding hydrogens is 266 g/mol. The SMILES string of the molecule is CNC(CCCOC)c1cc(Cl)c(OC)c(OC)c1. The van der Waals surface area contributed by atoms with Crippen LogP contribution in [0.25, 0.3) is 0 Å². The van der Waals surface area contributed by atoms with Crippen molar-refractivity contribution in [3.63, 3.8) is 0 Å². The fourth-order valence-electron chi connectivity index (χ4n) is 2.05. The number of hydrogen-bond donors (Lipinski definition) is 1. The summed E-state index contributed by atoms with van der Waals surface area (Å²) in [6.07, 6.45) is 1.95. The summed E-state index contributed by atoms with van der Waals surface area (Å²) in [6, 6.07) is 4.09. The molecule has 1 N–H and O–H groups in total. The fraction of sp³-hybridized carbons (Fsp3) is 0.571. The van der Waals surface area contributed by atoms with Crippen LogP contribution in [0, 0.1) is 0 Å². The summed E-state index contributed by atoms with van der Waals surface area (Å²) < 4.78 is 15.6. The third-order valence-electron chi connectivity index (χ3n) is 3.05. The lowest BCUT2D eigenvalue weighted by atomic mass is 10.0. The topological polar surface area (TPSA) is 39.7 Å². The van der Waals surface area contributed by atoms with Crippen LogP contribution in [0.5, 0.6) is 11.5 Å². The second kappa shape index (κ2) is 8.25. The van der Waals surface area contributed by atoms with Crippen LogP contribution in [0.2, 0.25) is 5.02 Å². The van der Waals surface area contributed by atoms with Crippen LogP contribution in [0.15, 0.2) is 12.1 Å². The minimum atomic E-state index is 0.215. The molecule has 0 amide bonds. The molecule has 19 heavy (non-hydrogen) atoms. The average Bonchev–Trinajstić information content (AvgIpc) is 2.42. The quantitative estimate of drug-likeness (QED) is 0.746. The summed E-state index contributed by atoms with van der Waals surface area (Å²) in [7, 11) is 6.83. The largest absolute Gasteiger partial charge is 0.493 e. The molecule has 5 heteroatoms. The molecule has 0 saturated carbocycles. The van der Waals surface area contributed by atoms with E-state index in [1.54, 1.807) is 21.3 Å². The second-order valence-electron chi connectivity index (χ2n) is 4.21. The van der Waals surface area contributed by atoms with Crippen molar-refractivity contribution in [3.05, 3.63) is 22.7 Å². The lowest BCUT2D eigenvalue weighted by Crippen LogP contribution is -2.17. The van der Waals surface area contributed by atoms with Gasteiger partial charge in [-0.15, -0.1) is 0 Å². The highest BCUT2D eigenvalue weighted by Crippen LogP contribution is 2.38. The van der Waals surface area contributed by atoms with E-state index >= 15 is 0 Å². The van der Waals surface area contributed by atoms with Crippen molar-refractivity contribution in [2.24, 2.45) is 0 Å². The molecule has 1 atom stereocenters. The second-order valence-corrected chi connectivity index (χ2v) is 4.62. The Morgan fingerprint density at radius 1 is 1.21 bits per heavy atom. The average molecular weight is 288 g/mol. The summed E-state index contributed by atoms with van der Waals surface area (Å²) >= 11 is 6.22. The van der Waals surface area contributed by atoms with Crippen molar-refractivity contribution >= 4 is 11.6 Å². The standard InChI is InChI=1S/C14H22ClNO3/c1-16-12(6-5-7-17-2)10-8-11(15)14(19-4)13(9-10)18-3/h8-9,12,16H,5-7H2,1-4H3. The fourth-order valence-corrected chi connectivity index (χ4v) is 2.34. The summed E-state index contributed by atoms with van der Waals surface area (Å²) in [5, 5.41) is 3.84. The molecule has 1 aromatic rings. The van der Waals surface area contributed by atoms with E-state index in [0.717, 1.165) is 25.0 Å². The van der Waals surface area contributed by atoms with E-state index in [-0.39, 0.29) is 6.04 Å². The first-order valence-corrected chi connectivity index (χ1v) is 6.63. The number of halogens is 1. The zero-order chi connectivity index (χ0) is 14.3. The van der Waals surface area contributed by atoms with Gasteiger partial charge in [-0.2, -0.15) is 0 Å². The first kappa shape index (κ1) is 16.1. The number of hydrogen-bond acceptors (Lipinski definition) is 4. The Bertz CT molecular complexity index is 399. The van der Waals surface area contributed by atoms with E-state index < -0.39 is 0 Å². The van der Waals surface area contributed by atoms with Crippen LogP contribution in [-0.4, -0.2) is 35.0 Å². The summed E-state index contributed by atoms with van der Waals surface area (Å²) in [5.74, 6) is 1.22. The van der Waals surface area contributed by atoms with Crippen molar-refractivity contribution in [3.8, 4) is 11.5 Å². The maximum absolute atomic E-state index is 6.22. The highest BCUT2D eigenvalue weighted by atomic mass is 35.5. The lowest BCUT2D eigenvalue weighted by Gasteiger charge is -2.19. The molecule has 1 unspecified atom stereocenters. The first-order chi connectivity index (χ1) is 9.17. The number of methoxy groups -OCH3 is 3. The van der Waals surface area contributed by atoms with E-state index in [4.69, 9.17) is 25.8 Å². The Hall–Kier alpha value is -0.970. The van der Waals surface area contributed by atoms with E-state index in [1.807, 2.05) is 19.2 Å². The Balaban J connectivity index is 2.94. The minimum absolute atomic E-state index is 0.215. The van der Waals surface area contributed by atoms with E-state index in [2.05, 4.69) is 5.32 Å². The Kier molecular flexibility index (Phi) is 6.99. The van der Waals surface area contributed by atoms with Crippen LogP contribution >= 0.6 is 11.6 Å². The molecular formula is C14H22ClNO3. The molecule has 108 valence electrons. The van der Waals surface area contributed by atoms with Crippen molar-refractivity contribution in [1.29, 1.82) is 0 Å². The highest BCUT2D eigenvalue weighted by molar-refractivity contribution is 6.32. The summed E-state index contributed by atoms with van der Waals surface area (Å²) in [6.45, 7) is 0.749. The molecule has 1 aromatic carbocycles. The van der Waals surface area contributed by atoms with Crippen molar-refractivity contribution < 1.29 is 14.2 Å². The number of rotatable bonds is 8. The van der Waals surface area contributed by atoms with Gasteiger partial charge in [0.1, 0.15) is 0 Å². The normalized spacial score (nSPS) is 12.3. The van der Waals surface area contributed by atoms with Crippen molar-refractivity contribution in [1.82, 2.24) is 5.32 Å². The van der Waals surface area contributed by atoms with Gasteiger partial charge >= 0.3 is 0 Å². The predicted molar refractivity (Wildman–Crippen MR) is 77.5 cm³/mol. The molecule has 0 aliphatic carbocycles. The zero-order valence-corrected chi connectivity index (χ0v) is 12.7. The molecule has 0 aromatic heterocycles. The molecule has 0 aliphatic rings. The number of nitrogens with one attached hydrogen (secondary N) is 1. The predicted octanol–water partition coefficient (Wildman–Crippen LogP) is 3.04. The van der Waals surface area contributed by atoms with Gasteiger partial charge in [0.2, 0.25) is 0 Å². The lowest BCUT2D eigenvalue weighted by molar-refractivity contribution is 0.189. The van der Waals surface area contributed by atoms with E-state index in [1.165, 1.54) is 0 Å². The molecule has 0 fully saturated rings. The molecule has 0 aliphatic heterocycles. The van der Waals surface area contributed by atoms with Crippen molar-refractivity contribution in [2.75, 3.05) is 35.0 Å². The third kappa shape index (κ3) is 4.27. The van der Waals surface area contributed by atoms with Gasteiger partial charge in [-0.1, -0.05) is 11.6 Å². The zero-order valence-electron chi connectivity index (χ0n) is 12.0. The summed E-state index contributed by atoms with van der Waals surface area (Å²) in [4.78, 5) is 0. The molecule has 0 spiro atoms. The van der Waals surface area contributed by atoms with Gasteiger partial charge in [-0.25, -0.2) is 0 Å². The maximum Gasteiger partial charge on any atom is 0.179 e. The Labute approximate surface area is 120 Å². The summed E-state index contributed by atoms with van der Waals surface area (Å²) in [5.41, 5.74) is 1.08. The molecule has 4 nitrogen and oxygen atoms in total. The van der Waals surface area contributed by atoms with E-state index in [9.17, 15) is 0 Å². The van der Waals surface area contributed by atoms with Crippen LogP contribution in [0.1, 0.15) is 24.4 Å². The smallest absolute Gasteiger partial charge is 0.179 e. The van der Waals surface area contributed by atoms with E-state index in [0.29, 0.717) is 16.5 Å². The Morgan fingerprint density at radius 2 is 1.95 bits per heavy atom. The van der Waals surface area contributed by atoms with Crippen LogP contribution in [-0.2, 0) is 4.74 Å². The number of benzene rings is 1. The van der Waals surface area contributed by atoms with Gasteiger partial charge in [0.05, 0.1) is 19.2 Å². The monoisotopic (exact) mass is 287 g/mol.